The summed E-state index contributed by atoms with van der Waals surface area (Å²) in [5.74, 6) is -0.144. The number of hydrogen-bond donors (Lipinski definition) is 0. The Morgan fingerprint density at radius 1 is 0.957 bits per heavy atom. The van der Waals surface area contributed by atoms with Gasteiger partial charge in [-0.3, -0.25) is 0 Å². The average Bonchev–Trinajstić information content (AvgIpc) is 3.08. The fraction of sp³-hybridized carbons (Fsp3) is 0.750. The normalized spacial score (nSPS) is 12.3. The number of thiophene rings is 1. The van der Waals surface area contributed by atoms with Gasteiger partial charge in [0.2, 0.25) is 0 Å². The van der Waals surface area contributed by atoms with Gasteiger partial charge in [0.1, 0.15) is 11.0 Å². The summed E-state index contributed by atoms with van der Waals surface area (Å²) in [6, 6.07) is 3.74. The van der Waals surface area contributed by atoms with E-state index in [1.54, 1.807) is 0 Å². The van der Waals surface area contributed by atoms with E-state index in [4.69, 9.17) is 4.74 Å². The van der Waals surface area contributed by atoms with Gasteiger partial charge in [-0.2, -0.15) is 0 Å². The summed E-state index contributed by atoms with van der Waals surface area (Å²) in [4.78, 5) is 12.8. The molecule has 0 spiro atoms. The highest BCUT2D eigenvalue weighted by Gasteiger charge is 2.15. The zero-order valence-corrected chi connectivity index (χ0v) is 15.8. The first-order chi connectivity index (χ1) is 11.3. The van der Waals surface area contributed by atoms with Gasteiger partial charge >= 0.3 is 5.97 Å². The molecule has 1 rings (SSSR count). The van der Waals surface area contributed by atoms with E-state index in [9.17, 15) is 4.79 Å². The highest BCUT2D eigenvalue weighted by atomic mass is 32.1. The first-order valence-electron chi connectivity index (χ1n) is 9.52. The fourth-order valence-electron chi connectivity index (χ4n) is 2.87. The fourth-order valence-corrected chi connectivity index (χ4v) is 3.48. The molecule has 0 aromatic carbocycles. The van der Waals surface area contributed by atoms with Crippen LogP contribution >= 0.6 is 11.3 Å². The van der Waals surface area contributed by atoms with Crippen LogP contribution in [0.4, 0.5) is 0 Å². The van der Waals surface area contributed by atoms with Crippen molar-refractivity contribution in [3.63, 3.8) is 0 Å². The summed E-state index contributed by atoms with van der Waals surface area (Å²) in [7, 11) is 0. The van der Waals surface area contributed by atoms with Crippen molar-refractivity contribution in [3.8, 4) is 0 Å². The van der Waals surface area contributed by atoms with Crippen molar-refractivity contribution >= 4 is 17.3 Å². The lowest BCUT2D eigenvalue weighted by Gasteiger charge is -2.16. The molecular weight excluding hydrogens is 304 g/mol. The number of esters is 1. The van der Waals surface area contributed by atoms with Gasteiger partial charge in [-0.1, -0.05) is 77.7 Å². The van der Waals surface area contributed by atoms with Crippen LogP contribution in [0.2, 0.25) is 0 Å². The standard InChI is InChI=1S/C20H34O2S/c1-3-5-6-7-8-9-10-11-12-15-18(14-4-2)22-20(21)19-16-13-17-23-19/h13,16-18H,3-12,14-15H2,1-2H3. The molecule has 1 unspecified atom stereocenters. The third-order valence-corrected chi connectivity index (χ3v) is 5.09. The van der Waals surface area contributed by atoms with Crippen LogP contribution in [0.25, 0.3) is 0 Å². The van der Waals surface area contributed by atoms with Crippen molar-refractivity contribution in [1.29, 1.82) is 0 Å². The number of unbranched alkanes of at least 4 members (excludes halogenated alkanes) is 8. The number of ether oxygens (including phenoxy) is 1. The van der Waals surface area contributed by atoms with Gasteiger partial charge in [-0.25, -0.2) is 4.79 Å². The quantitative estimate of drug-likeness (QED) is 0.270. The van der Waals surface area contributed by atoms with Crippen LogP contribution in [0.3, 0.4) is 0 Å². The second-order valence-corrected chi connectivity index (χ2v) is 7.36. The Morgan fingerprint density at radius 3 is 2.17 bits per heavy atom. The molecule has 0 N–H and O–H groups in total. The zero-order chi connectivity index (χ0) is 16.8. The number of rotatable bonds is 14. The molecule has 0 radical (unpaired) electrons. The van der Waals surface area contributed by atoms with Gasteiger partial charge < -0.3 is 4.74 Å². The molecule has 1 heterocycles. The molecule has 1 aromatic heterocycles. The largest absolute Gasteiger partial charge is 0.458 e. The zero-order valence-electron chi connectivity index (χ0n) is 15.0. The first kappa shape index (κ1) is 20.2. The lowest BCUT2D eigenvalue weighted by Crippen LogP contribution is -2.17. The molecule has 1 atom stereocenters. The predicted octanol–water partition coefficient (Wildman–Crippen LogP) is 6.99. The van der Waals surface area contributed by atoms with Crippen LogP contribution in [0, 0.1) is 0 Å². The Morgan fingerprint density at radius 2 is 1.61 bits per heavy atom. The number of carbonyl (C=O) groups excluding carboxylic acids is 1. The molecule has 23 heavy (non-hydrogen) atoms. The van der Waals surface area contributed by atoms with Crippen LogP contribution in [-0.2, 0) is 4.74 Å². The van der Waals surface area contributed by atoms with Crippen LogP contribution in [0.1, 0.15) is 101 Å². The summed E-state index contributed by atoms with van der Waals surface area (Å²) in [5.41, 5.74) is 0. The molecule has 0 amide bonds. The van der Waals surface area contributed by atoms with Crippen molar-refractivity contribution in [3.05, 3.63) is 22.4 Å². The van der Waals surface area contributed by atoms with Crippen molar-refractivity contribution in [2.75, 3.05) is 0 Å². The van der Waals surface area contributed by atoms with E-state index in [1.165, 1.54) is 69.1 Å². The lowest BCUT2D eigenvalue weighted by molar-refractivity contribution is 0.0259. The lowest BCUT2D eigenvalue weighted by atomic mass is 10.0. The Balaban J connectivity index is 2.10. The molecule has 1 aromatic rings. The topological polar surface area (TPSA) is 26.3 Å². The summed E-state index contributed by atoms with van der Waals surface area (Å²) >= 11 is 1.46. The second-order valence-electron chi connectivity index (χ2n) is 6.41. The van der Waals surface area contributed by atoms with Crippen molar-refractivity contribution in [2.45, 2.75) is 97.0 Å². The van der Waals surface area contributed by atoms with E-state index in [0.717, 1.165) is 24.1 Å². The first-order valence-corrected chi connectivity index (χ1v) is 10.4. The smallest absolute Gasteiger partial charge is 0.348 e. The molecule has 0 aliphatic heterocycles. The highest BCUT2D eigenvalue weighted by molar-refractivity contribution is 7.11. The van der Waals surface area contributed by atoms with E-state index < -0.39 is 0 Å². The third-order valence-electron chi connectivity index (χ3n) is 4.24. The molecule has 0 fully saturated rings. The summed E-state index contributed by atoms with van der Waals surface area (Å²) in [6.45, 7) is 4.42. The van der Waals surface area contributed by atoms with E-state index in [0.29, 0.717) is 0 Å². The van der Waals surface area contributed by atoms with Gasteiger partial charge in [0.05, 0.1) is 0 Å². The Labute approximate surface area is 146 Å². The van der Waals surface area contributed by atoms with E-state index in [2.05, 4.69) is 13.8 Å². The van der Waals surface area contributed by atoms with Gasteiger partial charge in [0.15, 0.2) is 0 Å². The molecule has 2 nitrogen and oxygen atoms in total. The molecule has 0 saturated heterocycles. The van der Waals surface area contributed by atoms with Crippen molar-refractivity contribution < 1.29 is 9.53 Å². The molecule has 0 aliphatic rings. The minimum atomic E-state index is -0.144. The monoisotopic (exact) mass is 338 g/mol. The predicted molar refractivity (Wildman–Crippen MR) is 100 cm³/mol. The van der Waals surface area contributed by atoms with Crippen LogP contribution in [0.15, 0.2) is 17.5 Å². The second kappa shape index (κ2) is 13.6. The molecule has 3 heteroatoms. The summed E-state index contributed by atoms with van der Waals surface area (Å²) in [6.07, 6.45) is 15.2. The van der Waals surface area contributed by atoms with Crippen molar-refractivity contribution in [2.24, 2.45) is 0 Å². The SMILES string of the molecule is CCCCCCCCCCCC(CCC)OC(=O)c1cccs1. The van der Waals surface area contributed by atoms with Crippen molar-refractivity contribution in [1.82, 2.24) is 0 Å². The molecule has 0 bridgehead atoms. The van der Waals surface area contributed by atoms with Crippen LogP contribution in [0.5, 0.6) is 0 Å². The highest BCUT2D eigenvalue weighted by Crippen LogP contribution is 2.18. The minimum absolute atomic E-state index is 0.0964. The van der Waals surface area contributed by atoms with Gasteiger partial charge in [0, 0.05) is 0 Å². The Bertz CT molecular complexity index is 386. The average molecular weight is 339 g/mol. The summed E-state index contributed by atoms with van der Waals surface area (Å²) < 4.78 is 5.68. The van der Waals surface area contributed by atoms with Gasteiger partial charge in [0.25, 0.3) is 0 Å². The maximum absolute atomic E-state index is 12.0. The third kappa shape index (κ3) is 9.80. The van der Waals surface area contributed by atoms with E-state index >= 15 is 0 Å². The van der Waals surface area contributed by atoms with E-state index in [-0.39, 0.29) is 12.1 Å². The van der Waals surface area contributed by atoms with Crippen LogP contribution in [-0.4, -0.2) is 12.1 Å². The maximum atomic E-state index is 12.0. The molecular formula is C20H34O2S. The Hall–Kier alpha value is -0.830. The van der Waals surface area contributed by atoms with Gasteiger partial charge in [-0.15, -0.1) is 11.3 Å². The molecule has 0 aliphatic carbocycles. The summed E-state index contributed by atoms with van der Waals surface area (Å²) in [5, 5.41) is 1.92. The van der Waals surface area contributed by atoms with E-state index in [1.807, 2.05) is 17.5 Å². The number of carbonyl (C=O) groups is 1. The molecule has 0 saturated carbocycles. The minimum Gasteiger partial charge on any atom is -0.458 e. The molecule has 132 valence electrons. The maximum Gasteiger partial charge on any atom is 0.348 e. The number of hydrogen-bond acceptors (Lipinski definition) is 3. The Kier molecular flexibility index (Phi) is 11.9. The van der Waals surface area contributed by atoms with Gasteiger partial charge in [-0.05, 0) is 30.7 Å². The van der Waals surface area contributed by atoms with Crippen LogP contribution < -0.4 is 0 Å².